The second-order valence-corrected chi connectivity index (χ2v) is 6.66. The lowest BCUT2D eigenvalue weighted by Crippen LogP contribution is -2.46. The molecule has 0 saturated carbocycles. The molecule has 1 saturated heterocycles. The van der Waals surface area contributed by atoms with E-state index in [1.165, 1.54) is 12.1 Å². The molecule has 146 valence electrons. The summed E-state index contributed by atoms with van der Waals surface area (Å²) in [6.45, 7) is 4.36. The van der Waals surface area contributed by atoms with Gasteiger partial charge in [0.25, 0.3) is 5.91 Å². The number of aromatic nitrogens is 2. The summed E-state index contributed by atoms with van der Waals surface area (Å²) in [4.78, 5) is 14.9. The molecule has 2 heterocycles. The van der Waals surface area contributed by atoms with Crippen LogP contribution in [-0.2, 0) is 6.18 Å². The molecule has 1 aromatic carbocycles. The Morgan fingerprint density at radius 3 is 2.70 bits per heavy atom. The minimum atomic E-state index is -4.51. The molecule has 0 radical (unpaired) electrons. The monoisotopic (exact) mass is 380 g/mol. The van der Waals surface area contributed by atoms with Gasteiger partial charge in [-0.25, -0.2) is 4.68 Å². The van der Waals surface area contributed by atoms with Gasteiger partial charge in [-0.05, 0) is 56.6 Å². The Balaban J connectivity index is 1.90. The molecule has 0 bridgehead atoms. The molecule has 0 unspecified atom stereocenters. The molecule has 0 spiro atoms. The summed E-state index contributed by atoms with van der Waals surface area (Å²) in [5, 5.41) is 7.07. The van der Waals surface area contributed by atoms with Crippen LogP contribution in [0.25, 0.3) is 5.69 Å². The number of nitrogens with zero attached hydrogens (tertiary/aromatic N) is 3. The molecule has 8 heteroatoms. The number of carbonyl (C=O) groups excluding carboxylic acids is 1. The van der Waals surface area contributed by atoms with E-state index >= 15 is 0 Å². The summed E-state index contributed by atoms with van der Waals surface area (Å²) in [7, 11) is 0. The number of halogens is 3. The molecule has 2 aromatic rings. The van der Waals surface area contributed by atoms with Crippen molar-refractivity contribution < 1.29 is 18.0 Å². The minimum absolute atomic E-state index is 0.147. The van der Waals surface area contributed by atoms with Crippen molar-refractivity contribution in [3.05, 3.63) is 47.8 Å². The van der Waals surface area contributed by atoms with Crippen LogP contribution in [0, 0.1) is 0 Å². The molecule has 0 atom stereocenters. The van der Waals surface area contributed by atoms with Gasteiger partial charge in [-0.3, -0.25) is 4.79 Å². The number of alkyl halides is 3. The fraction of sp³-hybridized carbons (Fsp3) is 0.474. The standard InChI is InChI=1S/C19H23F3N4O/c1-2-12-25(15-6-9-23-10-7-15)18(27)14-4-3-5-16(13-14)26-17(8-11-24-26)19(20,21)22/h3-5,8,11,13,15,23H,2,6-7,9-10,12H2,1H3. The first-order chi connectivity index (χ1) is 12.9. The average Bonchev–Trinajstić information content (AvgIpc) is 3.17. The maximum absolute atomic E-state index is 13.2. The minimum Gasteiger partial charge on any atom is -0.336 e. The fourth-order valence-corrected chi connectivity index (χ4v) is 3.47. The third-order valence-electron chi connectivity index (χ3n) is 4.75. The van der Waals surface area contributed by atoms with E-state index in [4.69, 9.17) is 0 Å². The van der Waals surface area contributed by atoms with Crippen molar-refractivity contribution in [2.24, 2.45) is 0 Å². The number of hydrogen-bond acceptors (Lipinski definition) is 3. The van der Waals surface area contributed by atoms with Crippen molar-refractivity contribution in [1.29, 1.82) is 0 Å². The number of piperidine rings is 1. The van der Waals surface area contributed by atoms with E-state index in [1.54, 1.807) is 12.1 Å². The van der Waals surface area contributed by atoms with Gasteiger partial charge in [-0.2, -0.15) is 18.3 Å². The van der Waals surface area contributed by atoms with Crippen molar-refractivity contribution in [2.75, 3.05) is 19.6 Å². The van der Waals surface area contributed by atoms with E-state index in [2.05, 4.69) is 10.4 Å². The highest BCUT2D eigenvalue weighted by Gasteiger charge is 2.35. The third kappa shape index (κ3) is 4.32. The van der Waals surface area contributed by atoms with Crippen molar-refractivity contribution >= 4 is 5.91 Å². The van der Waals surface area contributed by atoms with Gasteiger partial charge in [0.05, 0.1) is 11.9 Å². The topological polar surface area (TPSA) is 50.2 Å². The van der Waals surface area contributed by atoms with Crippen LogP contribution in [0.2, 0.25) is 0 Å². The predicted octanol–water partition coefficient (Wildman–Crippen LogP) is 3.50. The van der Waals surface area contributed by atoms with Crippen LogP contribution in [-0.4, -0.2) is 46.3 Å². The van der Waals surface area contributed by atoms with Gasteiger partial charge >= 0.3 is 6.18 Å². The van der Waals surface area contributed by atoms with E-state index < -0.39 is 11.9 Å². The van der Waals surface area contributed by atoms with Crippen molar-refractivity contribution in [3.8, 4) is 5.69 Å². The van der Waals surface area contributed by atoms with E-state index in [0.717, 1.165) is 49.3 Å². The molecule has 1 aliphatic heterocycles. The Morgan fingerprint density at radius 2 is 2.04 bits per heavy atom. The quantitative estimate of drug-likeness (QED) is 0.864. The van der Waals surface area contributed by atoms with Crippen LogP contribution in [0.15, 0.2) is 36.5 Å². The zero-order chi connectivity index (χ0) is 19.4. The largest absolute Gasteiger partial charge is 0.433 e. The van der Waals surface area contributed by atoms with E-state index in [0.29, 0.717) is 12.1 Å². The summed E-state index contributed by atoms with van der Waals surface area (Å²) in [6, 6.07) is 7.32. The van der Waals surface area contributed by atoms with Gasteiger partial charge in [-0.15, -0.1) is 0 Å². The summed E-state index contributed by atoms with van der Waals surface area (Å²) in [6.07, 6.45) is -0.825. The zero-order valence-corrected chi connectivity index (χ0v) is 15.2. The van der Waals surface area contributed by atoms with E-state index in [-0.39, 0.29) is 17.6 Å². The van der Waals surface area contributed by atoms with Crippen LogP contribution < -0.4 is 5.32 Å². The second kappa shape index (κ2) is 8.12. The van der Waals surface area contributed by atoms with Crippen LogP contribution in [0.4, 0.5) is 13.2 Å². The molecule has 5 nitrogen and oxygen atoms in total. The molecule has 1 N–H and O–H groups in total. The van der Waals surface area contributed by atoms with E-state index in [1.807, 2.05) is 11.8 Å². The first-order valence-corrected chi connectivity index (χ1v) is 9.15. The number of rotatable bonds is 5. The Morgan fingerprint density at radius 1 is 1.30 bits per heavy atom. The van der Waals surface area contributed by atoms with Gasteiger partial charge in [0.15, 0.2) is 0 Å². The number of nitrogens with one attached hydrogen (secondary N) is 1. The molecule has 0 aliphatic carbocycles. The Hall–Kier alpha value is -2.35. The Bertz CT molecular complexity index is 781. The normalized spacial score (nSPS) is 15.7. The van der Waals surface area contributed by atoms with Crippen molar-refractivity contribution in [1.82, 2.24) is 20.0 Å². The number of carbonyl (C=O) groups is 1. The van der Waals surface area contributed by atoms with Gasteiger partial charge in [0.2, 0.25) is 0 Å². The lowest BCUT2D eigenvalue weighted by Gasteiger charge is -2.34. The van der Waals surface area contributed by atoms with Crippen LogP contribution >= 0.6 is 0 Å². The summed E-state index contributed by atoms with van der Waals surface area (Å²) < 4.78 is 40.3. The molecule has 3 rings (SSSR count). The average molecular weight is 380 g/mol. The van der Waals surface area contributed by atoms with Crippen molar-refractivity contribution in [3.63, 3.8) is 0 Å². The highest BCUT2D eigenvalue weighted by atomic mass is 19.4. The summed E-state index contributed by atoms with van der Waals surface area (Å²) in [5.41, 5.74) is -0.265. The Kier molecular flexibility index (Phi) is 5.84. The van der Waals surface area contributed by atoms with Crippen LogP contribution in [0.1, 0.15) is 42.2 Å². The lowest BCUT2D eigenvalue weighted by atomic mass is 10.0. The lowest BCUT2D eigenvalue weighted by molar-refractivity contribution is -0.142. The third-order valence-corrected chi connectivity index (χ3v) is 4.75. The van der Waals surface area contributed by atoms with Crippen molar-refractivity contribution in [2.45, 2.75) is 38.4 Å². The molecular formula is C19H23F3N4O. The summed E-state index contributed by atoms with van der Waals surface area (Å²) >= 11 is 0. The number of hydrogen-bond donors (Lipinski definition) is 1. The molecule has 27 heavy (non-hydrogen) atoms. The maximum atomic E-state index is 13.2. The molecular weight excluding hydrogens is 357 g/mol. The molecule has 1 fully saturated rings. The summed E-state index contributed by atoms with van der Waals surface area (Å²) in [5.74, 6) is -0.147. The first kappa shape index (κ1) is 19.4. The fourth-order valence-electron chi connectivity index (χ4n) is 3.47. The number of benzene rings is 1. The first-order valence-electron chi connectivity index (χ1n) is 9.15. The number of amides is 1. The maximum Gasteiger partial charge on any atom is 0.433 e. The Labute approximate surface area is 156 Å². The molecule has 1 aliphatic rings. The second-order valence-electron chi connectivity index (χ2n) is 6.66. The highest BCUT2D eigenvalue weighted by Crippen LogP contribution is 2.30. The zero-order valence-electron chi connectivity index (χ0n) is 15.2. The van der Waals surface area contributed by atoms with Gasteiger partial charge < -0.3 is 10.2 Å². The predicted molar refractivity (Wildman–Crippen MR) is 95.8 cm³/mol. The smallest absolute Gasteiger partial charge is 0.336 e. The van der Waals surface area contributed by atoms with Gasteiger partial charge in [-0.1, -0.05) is 13.0 Å². The van der Waals surface area contributed by atoms with Gasteiger partial charge in [0.1, 0.15) is 5.69 Å². The van der Waals surface area contributed by atoms with E-state index in [9.17, 15) is 18.0 Å². The highest BCUT2D eigenvalue weighted by molar-refractivity contribution is 5.95. The van der Waals surface area contributed by atoms with Gasteiger partial charge in [0, 0.05) is 18.2 Å². The molecule has 1 aromatic heterocycles. The SMILES string of the molecule is CCCN(C(=O)c1cccc(-n2nccc2C(F)(F)F)c1)C1CCNCC1. The molecule has 1 amide bonds. The van der Waals surface area contributed by atoms with Crippen LogP contribution in [0.5, 0.6) is 0 Å². The van der Waals surface area contributed by atoms with Crippen LogP contribution in [0.3, 0.4) is 0 Å².